The Balaban J connectivity index is 2.15. The summed E-state index contributed by atoms with van der Waals surface area (Å²) in [7, 11) is 0. The van der Waals surface area contributed by atoms with E-state index in [-0.39, 0.29) is 12.2 Å². The monoisotopic (exact) mass is 327 g/mol. The van der Waals surface area contributed by atoms with Gasteiger partial charge < -0.3 is 14.9 Å². The zero-order valence-electron chi connectivity index (χ0n) is 13.0. The smallest absolute Gasteiger partial charge is 0.246 e. The van der Waals surface area contributed by atoms with Crippen LogP contribution in [0.3, 0.4) is 0 Å². The molecule has 1 aliphatic rings. The number of aryl methyl sites for hydroxylation is 1. The van der Waals surface area contributed by atoms with Gasteiger partial charge in [-0.15, -0.1) is 0 Å². The maximum absolute atomic E-state index is 11.8. The van der Waals surface area contributed by atoms with Crippen molar-refractivity contribution in [2.45, 2.75) is 18.9 Å². The zero-order valence-corrected chi connectivity index (χ0v) is 13.0. The lowest BCUT2D eigenvalue weighted by Gasteiger charge is -2.35. The predicted molar refractivity (Wildman–Crippen MR) is 86.3 cm³/mol. The molecule has 24 heavy (non-hydrogen) atoms. The van der Waals surface area contributed by atoms with Gasteiger partial charge in [-0.05, 0) is 36.8 Å². The molecule has 3 rings (SSSR count). The maximum atomic E-state index is 11.8. The number of hydrogen-bond donors (Lipinski definition) is 4. The molecule has 6 nitrogen and oxygen atoms in total. The average molecular weight is 327 g/mol. The van der Waals surface area contributed by atoms with Gasteiger partial charge in [-0.3, -0.25) is 10.0 Å². The molecule has 1 heterocycles. The third-order valence-corrected chi connectivity index (χ3v) is 4.05. The van der Waals surface area contributed by atoms with Gasteiger partial charge >= 0.3 is 0 Å². The number of aliphatic hydroxyl groups is 1. The lowest BCUT2D eigenvalue weighted by atomic mass is 9.78. The fraction of sp³-hybridized carbons (Fsp3) is 0.167. The van der Waals surface area contributed by atoms with Crippen LogP contribution in [0.1, 0.15) is 23.1 Å². The van der Waals surface area contributed by atoms with Gasteiger partial charge in [0.1, 0.15) is 17.1 Å². The standard InChI is InChI=1S/C18H17NO5/c1-11-2-7-16-14(8-11)18(22,9-17(21)19-23)15(10-24-16)12-3-5-13(20)6-4-12/h2-8,10,20,22-23H,9H2,1H3,(H,19,21). The van der Waals surface area contributed by atoms with E-state index in [1.807, 2.05) is 13.0 Å². The van der Waals surface area contributed by atoms with Gasteiger partial charge in [0.15, 0.2) is 0 Å². The van der Waals surface area contributed by atoms with E-state index in [1.54, 1.807) is 29.7 Å². The molecule has 1 aliphatic heterocycles. The Hall–Kier alpha value is -2.83. The summed E-state index contributed by atoms with van der Waals surface area (Å²) in [6, 6.07) is 11.5. The van der Waals surface area contributed by atoms with Crippen molar-refractivity contribution in [2.24, 2.45) is 0 Å². The second-order valence-electron chi connectivity index (χ2n) is 5.77. The van der Waals surface area contributed by atoms with Crippen molar-refractivity contribution in [3.05, 3.63) is 65.4 Å². The Morgan fingerprint density at radius 1 is 1.21 bits per heavy atom. The average Bonchev–Trinajstić information content (AvgIpc) is 2.57. The normalized spacial score (nSPS) is 19.0. The highest BCUT2D eigenvalue weighted by molar-refractivity contribution is 5.84. The summed E-state index contributed by atoms with van der Waals surface area (Å²) in [5, 5.41) is 29.7. The summed E-state index contributed by atoms with van der Waals surface area (Å²) in [4.78, 5) is 11.8. The van der Waals surface area contributed by atoms with E-state index >= 15 is 0 Å². The van der Waals surface area contributed by atoms with Crippen molar-refractivity contribution in [3.63, 3.8) is 0 Å². The molecule has 6 heteroatoms. The summed E-state index contributed by atoms with van der Waals surface area (Å²) in [5.74, 6) is -0.197. The van der Waals surface area contributed by atoms with Gasteiger partial charge in [0.05, 0.1) is 12.7 Å². The number of carbonyl (C=O) groups excluding carboxylic acids is 1. The number of carbonyl (C=O) groups is 1. The number of aromatic hydroxyl groups is 1. The number of phenolic OH excluding ortho intramolecular Hbond substituents is 1. The number of amides is 1. The summed E-state index contributed by atoms with van der Waals surface area (Å²) in [5.41, 5.74) is 2.17. The SMILES string of the molecule is Cc1ccc2c(c1)C(O)(CC(=O)NO)C(c1ccc(O)cc1)=CO2. The van der Waals surface area contributed by atoms with Crippen molar-refractivity contribution < 1.29 is 25.0 Å². The highest BCUT2D eigenvalue weighted by atomic mass is 16.5. The minimum absolute atomic E-state index is 0.0870. The Labute approximate surface area is 138 Å². The van der Waals surface area contributed by atoms with Gasteiger partial charge in [-0.1, -0.05) is 23.8 Å². The molecule has 0 saturated carbocycles. The van der Waals surface area contributed by atoms with Crippen molar-refractivity contribution in [1.82, 2.24) is 5.48 Å². The highest BCUT2D eigenvalue weighted by Crippen LogP contribution is 2.46. The van der Waals surface area contributed by atoms with Crippen LogP contribution in [-0.2, 0) is 10.4 Å². The molecule has 4 N–H and O–H groups in total. The zero-order chi connectivity index (χ0) is 17.3. The number of nitrogens with one attached hydrogen (secondary N) is 1. The molecule has 1 atom stereocenters. The second kappa shape index (κ2) is 5.99. The number of fused-ring (bicyclic) bond motifs is 1. The first-order valence-corrected chi connectivity index (χ1v) is 7.37. The van der Waals surface area contributed by atoms with E-state index in [0.29, 0.717) is 22.4 Å². The molecule has 0 bridgehead atoms. The van der Waals surface area contributed by atoms with E-state index < -0.39 is 11.5 Å². The van der Waals surface area contributed by atoms with Crippen LogP contribution in [-0.4, -0.2) is 21.3 Å². The molecule has 1 amide bonds. The molecule has 2 aromatic carbocycles. The first-order valence-electron chi connectivity index (χ1n) is 7.37. The Morgan fingerprint density at radius 2 is 1.92 bits per heavy atom. The summed E-state index contributed by atoms with van der Waals surface area (Å²) >= 11 is 0. The molecule has 124 valence electrons. The van der Waals surface area contributed by atoms with Gasteiger partial charge in [0.2, 0.25) is 5.91 Å². The van der Waals surface area contributed by atoms with E-state index in [4.69, 9.17) is 9.94 Å². The molecule has 0 fully saturated rings. The Bertz CT molecular complexity index is 813. The number of hydroxylamine groups is 1. The molecule has 1 unspecified atom stereocenters. The lowest BCUT2D eigenvalue weighted by Crippen LogP contribution is -2.37. The summed E-state index contributed by atoms with van der Waals surface area (Å²) in [6.07, 6.45) is 1.00. The quantitative estimate of drug-likeness (QED) is 0.512. The van der Waals surface area contributed by atoms with Crippen LogP contribution in [0.25, 0.3) is 5.57 Å². The van der Waals surface area contributed by atoms with Crippen molar-refractivity contribution in [1.29, 1.82) is 0 Å². The number of rotatable bonds is 3. The minimum atomic E-state index is -1.68. The topological polar surface area (TPSA) is 99.0 Å². The largest absolute Gasteiger partial charge is 0.508 e. The van der Waals surface area contributed by atoms with E-state index in [0.717, 1.165) is 5.56 Å². The van der Waals surface area contributed by atoms with E-state index in [1.165, 1.54) is 18.4 Å². The number of benzene rings is 2. The maximum Gasteiger partial charge on any atom is 0.246 e. The van der Waals surface area contributed by atoms with Crippen molar-refractivity contribution in [2.75, 3.05) is 0 Å². The van der Waals surface area contributed by atoms with Gasteiger partial charge in [-0.25, -0.2) is 5.48 Å². The molecule has 0 spiro atoms. The molecule has 0 saturated heterocycles. The third-order valence-electron chi connectivity index (χ3n) is 4.05. The van der Waals surface area contributed by atoms with E-state index in [2.05, 4.69) is 0 Å². The first kappa shape index (κ1) is 16.0. The molecule has 0 radical (unpaired) electrons. The lowest BCUT2D eigenvalue weighted by molar-refractivity contribution is -0.132. The molecular weight excluding hydrogens is 310 g/mol. The Morgan fingerprint density at radius 3 is 2.58 bits per heavy atom. The van der Waals surface area contributed by atoms with Gasteiger partial charge in [-0.2, -0.15) is 0 Å². The second-order valence-corrected chi connectivity index (χ2v) is 5.77. The predicted octanol–water partition coefficient (Wildman–Crippen LogP) is 2.22. The molecule has 0 aliphatic carbocycles. The van der Waals surface area contributed by atoms with Gasteiger partial charge in [0.25, 0.3) is 0 Å². The third kappa shape index (κ3) is 2.73. The highest BCUT2D eigenvalue weighted by Gasteiger charge is 2.42. The number of hydrogen-bond acceptors (Lipinski definition) is 5. The molecule has 2 aromatic rings. The van der Waals surface area contributed by atoms with Crippen LogP contribution in [0.2, 0.25) is 0 Å². The van der Waals surface area contributed by atoms with E-state index in [9.17, 15) is 15.0 Å². The van der Waals surface area contributed by atoms with Crippen LogP contribution in [0.4, 0.5) is 0 Å². The van der Waals surface area contributed by atoms with Gasteiger partial charge in [0, 0.05) is 11.1 Å². The first-order chi connectivity index (χ1) is 11.4. The van der Waals surface area contributed by atoms with Crippen LogP contribution >= 0.6 is 0 Å². The summed E-state index contributed by atoms with van der Waals surface area (Å²) < 4.78 is 5.61. The van der Waals surface area contributed by atoms with Crippen LogP contribution in [0, 0.1) is 6.92 Å². The Kier molecular flexibility index (Phi) is 4.01. The minimum Gasteiger partial charge on any atom is -0.508 e. The molecule has 0 aromatic heterocycles. The van der Waals surface area contributed by atoms with Crippen molar-refractivity contribution in [3.8, 4) is 11.5 Å². The van der Waals surface area contributed by atoms with Crippen LogP contribution in [0.5, 0.6) is 11.5 Å². The van der Waals surface area contributed by atoms with Crippen LogP contribution in [0.15, 0.2) is 48.7 Å². The fourth-order valence-electron chi connectivity index (χ4n) is 2.84. The number of phenols is 1. The summed E-state index contributed by atoms with van der Waals surface area (Å²) in [6.45, 7) is 1.87. The van der Waals surface area contributed by atoms with Crippen molar-refractivity contribution >= 4 is 11.5 Å². The molecular formula is C18H17NO5. The number of ether oxygens (including phenoxy) is 1. The fourth-order valence-corrected chi connectivity index (χ4v) is 2.84. The van der Waals surface area contributed by atoms with Crippen LogP contribution < -0.4 is 10.2 Å².